The summed E-state index contributed by atoms with van der Waals surface area (Å²) in [5, 5.41) is 16.2. The van der Waals surface area contributed by atoms with Crippen molar-refractivity contribution in [3.05, 3.63) is 59.7 Å². The quantitative estimate of drug-likeness (QED) is 0.444. The van der Waals surface area contributed by atoms with Crippen LogP contribution in [0.25, 0.3) is 11.4 Å². The Bertz CT molecular complexity index is 1110. The van der Waals surface area contributed by atoms with Crippen LogP contribution in [0.15, 0.2) is 42.7 Å². The summed E-state index contributed by atoms with van der Waals surface area (Å²) in [4.78, 5) is 24.2. The Balaban J connectivity index is 1.86. The SMILES string of the molecule is COCCNC(=O)c1ccn(-c2ccc(-n3cc(C#N)c(N)c3C(=O)OC)cc2)n1. The second-order valence-corrected chi connectivity index (χ2v) is 6.19. The molecule has 154 valence electrons. The van der Waals surface area contributed by atoms with Gasteiger partial charge in [-0.05, 0) is 30.3 Å². The van der Waals surface area contributed by atoms with Crippen molar-refractivity contribution >= 4 is 17.6 Å². The molecule has 3 rings (SSSR count). The highest BCUT2D eigenvalue weighted by Gasteiger charge is 2.21. The zero-order valence-electron chi connectivity index (χ0n) is 16.5. The third-order valence-corrected chi connectivity index (χ3v) is 4.35. The van der Waals surface area contributed by atoms with Crippen molar-refractivity contribution in [3.63, 3.8) is 0 Å². The van der Waals surface area contributed by atoms with E-state index < -0.39 is 5.97 Å². The first-order chi connectivity index (χ1) is 14.5. The van der Waals surface area contributed by atoms with E-state index in [1.54, 1.807) is 48.3 Å². The van der Waals surface area contributed by atoms with Crippen LogP contribution in [-0.4, -0.2) is 53.6 Å². The number of nitrogens with one attached hydrogen (secondary N) is 1. The van der Waals surface area contributed by atoms with Crippen molar-refractivity contribution < 1.29 is 19.1 Å². The van der Waals surface area contributed by atoms with Gasteiger partial charge in [-0.2, -0.15) is 10.4 Å². The molecular formula is C20H20N6O4. The third kappa shape index (κ3) is 4.01. The van der Waals surface area contributed by atoms with Crippen molar-refractivity contribution in [2.24, 2.45) is 0 Å². The lowest BCUT2D eigenvalue weighted by Crippen LogP contribution is -2.27. The Kier molecular flexibility index (Phi) is 6.14. The van der Waals surface area contributed by atoms with Gasteiger partial charge < -0.3 is 25.1 Å². The van der Waals surface area contributed by atoms with Crippen molar-refractivity contribution in [2.45, 2.75) is 0 Å². The predicted octanol–water partition coefficient (Wildman–Crippen LogP) is 1.28. The van der Waals surface area contributed by atoms with Gasteiger partial charge in [0.05, 0.1) is 30.7 Å². The van der Waals surface area contributed by atoms with E-state index in [-0.39, 0.29) is 28.5 Å². The largest absolute Gasteiger partial charge is 0.464 e. The molecule has 2 heterocycles. The molecule has 0 fully saturated rings. The Morgan fingerprint density at radius 3 is 2.53 bits per heavy atom. The van der Waals surface area contributed by atoms with Crippen LogP contribution in [-0.2, 0) is 9.47 Å². The number of esters is 1. The van der Waals surface area contributed by atoms with Crippen molar-refractivity contribution in [1.82, 2.24) is 19.7 Å². The molecule has 10 heteroatoms. The number of rotatable bonds is 7. The summed E-state index contributed by atoms with van der Waals surface area (Å²) in [7, 11) is 2.80. The molecule has 3 N–H and O–H groups in total. The molecule has 0 saturated heterocycles. The van der Waals surface area contributed by atoms with Gasteiger partial charge in [-0.15, -0.1) is 0 Å². The average molecular weight is 408 g/mol. The van der Waals surface area contributed by atoms with Crippen molar-refractivity contribution in [2.75, 3.05) is 33.1 Å². The highest BCUT2D eigenvalue weighted by Crippen LogP contribution is 2.25. The van der Waals surface area contributed by atoms with Gasteiger partial charge >= 0.3 is 5.97 Å². The number of aromatic nitrogens is 3. The van der Waals surface area contributed by atoms with Crippen LogP contribution in [0.5, 0.6) is 0 Å². The van der Waals surface area contributed by atoms with Crippen molar-refractivity contribution in [3.8, 4) is 17.4 Å². The number of anilines is 1. The number of methoxy groups -OCH3 is 2. The average Bonchev–Trinajstić information content (AvgIpc) is 3.38. The fraction of sp³-hybridized carbons (Fsp3) is 0.200. The predicted molar refractivity (Wildman–Crippen MR) is 108 cm³/mol. The summed E-state index contributed by atoms with van der Waals surface area (Å²) in [6.45, 7) is 0.809. The van der Waals surface area contributed by atoms with Crippen LogP contribution >= 0.6 is 0 Å². The minimum absolute atomic E-state index is 0.0598. The monoisotopic (exact) mass is 408 g/mol. The van der Waals surface area contributed by atoms with Crippen LogP contribution in [0.2, 0.25) is 0 Å². The summed E-state index contributed by atoms with van der Waals surface area (Å²) in [6, 6.07) is 10.6. The molecule has 0 radical (unpaired) electrons. The van der Waals surface area contributed by atoms with Crippen LogP contribution in [0.1, 0.15) is 26.5 Å². The van der Waals surface area contributed by atoms with Gasteiger partial charge in [-0.3, -0.25) is 4.79 Å². The molecule has 0 saturated carbocycles. The Labute approximate surface area is 172 Å². The normalized spacial score (nSPS) is 10.4. The van der Waals surface area contributed by atoms with Gasteiger partial charge in [0, 0.05) is 31.7 Å². The number of nitriles is 1. The van der Waals surface area contributed by atoms with Crippen LogP contribution < -0.4 is 11.1 Å². The number of hydrogen-bond donors (Lipinski definition) is 2. The molecule has 10 nitrogen and oxygen atoms in total. The highest BCUT2D eigenvalue weighted by molar-refractivity contribution is 5.96. The molecule has 3 aromatic rings. The number of nitrogen functional groups attached to an aromatic ring is 1. The zero-order valence-corrected chi connectivity index (χ0v) is 16.5. The van der Waals surface area contributed by atoms with E-state index in [0.717, 1.165) is 0 Å². The minimum atomic E-state index is -0.644. The van der Waals surface area contributed by atoms with Crippen LogP contribution in [0.3, 0.4) is 0 Å². The molecule has 0 spiro atoms. The highest BCUT2D eigenvalue weighted by atomic mass is 16.5. The standard InChI is InChI=1S/C20H20N6O4/c1-29-10-8-23-19(27)16-7-9-26(24-16)15-5-3-14(4-6-15)25-12-13(11-21)17(22)18(25)20(28)30-2/h3-7,9,12H,8,10,22H2,1-2H3,(H,23,27). The summed E-state index contributed by atoms with van der Waals surface area (Å²) < 4.78 is 12.7. The lowest BCUT2D eigenvalue weighted by atomic mass is 10.2. The fourth-order valence-corrected chi connectivity index (χ4v) is 2.83. The van der Waals surface area contributed by atoms with Gasteiger partial charge in [0.25, 0.3) is 5.91 Å². The lowest BCUT2D eigenvalue weighted by molar-refractivity contribution is 0.0593. The van der Waals surface area contributed by atoms with Crippen LogP contribution in [0.4, 0.5) is 5.69 Å². The molecule has 0 aliphatic heterocycles. The molecule has 30 heavy (non-hydrogen) atoms. The summed E-state index contributed by atoms with van der Waals surface area (Å²) in [6.07, 6.45) is 3.15. The Morgan fingerprint density at radius 1 is 1.20 bits per heavy atom. The molecule has 1 amide bonds. The van der Waals surface area contributed by atoms with E-state index in [1.165, 1.54) is 17.9 Å². The van der Waals surface area contributed by atoms with Gasteiger partial charge in [0.1, 0.15) is 6.07 Å². The van der Waals surface area contributed by atoms with Gasteiger partial charge in [-0.1, -0.05) is 0 Å². The van der Waals surface area contributed by atoms with Gasteiger partial charge in [-0.25, -0.2) is 9.48 Å². The molecule has 2 aromatic heterocycles. The van der Waals surface area contributed by atoms with E-state index in [9.17, 15) is 14.9 Å². The maximum Gasteiger partial charge on any atom is 0.357 e. The summed E-state index contributed by atoms with van der Waals surface area (Å²) in [5.74, 6) is -0.939. The van der Waals surface area contributed by atoms with Gasteiger partial charge in [0.15, 0.2) is 11.4 Å². The first-order valence-electron chi connectivity index (χ1n) is 8.93. The first kappa shape index (κ1) is 20.6. The number of hydrogen-bond acceptors (Lipinski definition) is 7. The topological polar surface area (TPSA) is 137 Å². The van der Waals surface area contributed by atoms with Crippen molar-refractivity contribution in [1.29, 1.82) is 5.26 Å². The smallest absolute Gasteiger partial charge is 0.357 e. The molecule has 0 aliphatic rings. The molecule has 0 bridgehead atoms. The maximum absolute atomic E-state index is 12.1. The van der Waals surface area contributed by atoms with E-state index >= 15 is 0 Å². The summed E-state index contributed by atoms with van der Waals surface area (Å²) >= 11 is 0. The molecule has 0 atom stereocenters. The molecular weight excluding hydrogens is 388 g/mol. The second-order valence-electron chi connectivity index (χ2n) is 6.19. The van der Waals surface area contributed by atoms with E-state index in [1.807, 2.05) is 6.07 Å². The number of nitrogens with zero attached hydrogens (tertiary/aromatic N) is 4. The number of carbonyl (C=O) groups is 2. The van der Waals surface area contributed by atoms with E-state index in [2.05, 4.69) is 10.4 Å². The van der Waals surface area contributed by atoms with E-state index in [4.69, 9.17) is 15.2 Å². The fourth-order valence-electron chi connectivity index (χ4n) is 2.83. The Hall–Kier alpha value is -4.10. The van der Waals surface area contributed by atoms with Crippen LogP contribution in [0, 0.1) is 11.3 Å². The molecule has 0 aliphatic carbocycles. The lowest BCUT2D eigenvalue weighted by Gasteiger charge is -2.09. The number of amides is 1. The molecule has 0 unspecified atom stereocenters. The Morgan fingerprint density at radius 2 is 1.90 bits per heavy atom. The second kappa shape index (κ2) is 8.93. The van der Waals surface area contributed by atoms with Gasteiger partial charge in [0.2, 0.25) is 0 Å². The third-order valence-electron chi connectivity index (χ3n) is 4.35. The number of ether oxygens (including phenoxy) is 2. The number of nitrogens with two attached hydrogens (primary N) is 1. The number of benzene rings is 1. The van der Waals surface area contributed by atoms with E-state index in [0.29, 0.717) is 24.5 Å². The maximum atomic E-state index is 12.1. The zero-order chi connectivity index (χ0) is 21.7. The summed E-state index contributed by atoms with van der Waals surface area (Å²) in [5.41, 5.74) is 7.83. The number of carbonyl (C=O) groups excluding carboxylic acids is 2. The first-order valence-corrected chi connectivity index (χ1v) is 8.93. The minimum Gasteiger partial charge on any atom is -0.464 e. The molecule has 1 aromatic carbocycles.